The number of imidazole rings is 1. The van der Waals surface area contributed by atoms with Crippen LogP contribution in [0.4, 0.5) is 6.01 Å². The molecule has 6 heterocycles. The van der Waals surface area contributed by atoms with E-state index in [0.29, 0.717) is 29.2 Å². The third-order valence-electron chi connectivity index (χ3n) is 5.12. The molecular formula is C19H14ClN9O. The van der Waals surface area contributed by atoms with Crippen LogP contribution < -0.4 is 4.90 Å². The summed E-state index contributed by atoms with van der Waals surface area (Å²) in [5, 5.41) is 13.8. The van der Waals surface area contributed by atoms with Gasteiger partial charge in [-0.1, -0.05) is 16.7 Å². The summed E-state index contributed by atoms with van der Waals surface area (Å²) in [7, 11) is 0. The Morgan fingerprint density at radius 2 is 2.17 bits per heavy atom. The minimum Gasteiger partial charge on any atom is -0.401 e. The maximum Gasteiger partial charge on any atom is 0.319 e. The molecule has 0 unspecified atom stereocenters. The third-order valence-corrected chi connectivity index (χ3v) is 5.44. The summed E-state index contributed by atoms with van der Waals surface area (Å²) in [5.41, 5.74) is 4.07. The number of halogens is 1. The van der Waals surface area contributed by atoms with Gasteiger partial charge >= 0.3 is 6.01 Å². The average Bonchev–Trinajstić information content (AvgIpc) is 3.52. The second-order valence-corrected chi connectivity index (χ2v) is 7.26. The molecule has 10 nitrogen and oxygen atoms in total. The lowest BCUT2D eigenvalue weighted by Gasteiger charge is -2.32. The van der Waals surface area contributed by atoms with Gasteiger partial charge in [-0.25, -0.2) is 14.5 Å². The standard InChI is InChI=1S/C19H14ClN9O/c20-11-2-1-6-29-15(11)8-13(27-29)17-16-12(23-10-24-16)3-7-28(17)19-26-25-18(30-19)14-9-21-4-5-22-14/h1-2,4-6,8-10,17H,3,7H2,(H,23,24)/t17-/m1/s1. The maximum absolute atomic E-state index is 6.36. The SMILES string of the molecule is Clc1cccn2nc([C@@H]3c4nc[nH]c4CCN3c3nnc(-c4cnccn4)o3)cc12. The first-order valence-corrected chi connectivity index (χ1v) is 9.68. The van der Waals surface area contributed by atoms with Crippen LogP contribution in [0.15, 0.2) is 53.7 Å². The molecule has 148 valence electrons. The van der Waals surface area contributed by atoms with Crippen molar-refractivity contribution < 1.29 is 4.42 Å². The number of fused-ring (bicyclic) bond motifs is 2. The van der Waals surface area contributed by atoms with Gasteiger partial charge < -0.3 is 14.3 Å². The largest absolute Gasteiger partial charge is 0.401 e. The molecule has 30 heavy (non-hydrogen) atoms. The first kappa shape index (κ1) is 17.1. The van der Waals surface area contributed by atoms with E-state index >= 15 is 0 Å². The second-order valence-electron chi connectivity index (χ2n) is 6.85. The van der Waals surface area contributed by atoms with Crippen LogP contribution in [-0.4, -0.2) is 46.3 Å². The molecular weight excluding hydrogens is 406 g/mol. The smallest absolute Gasteiger partial charge is 0.319 e. The molecule has 1 atom stereocenters. The van der Waals surface area contributed by atoms with E-state index in [9.17, 15) is 0 Å². The molecule has 5 aromatic rings. The number of nitrogens with one attached hydrogen (secondary N) is 1. The number of hydrogen-bond donors (Lipinski definition) is 1. The molecule has 0 spiro atoms. The van der Waals surface area contributed by atoms with Gasteiger partial charge in [0.2, 0.25) is 0 Å². The van der Waals surface area contributed by atoms with Gasteiger partial charge in [0.15, 0.2) is 0 Å². The van der Waals surface area contributed by atoms with E-state index in [1.54, 1.807) is 29.4 Å². The molecule has 0 amide bonds. The molecule has 0 bridgehead atoms. The van der Waals surface area contributed by atoms with Gasteiger partial charge in [-0.2, -0.15) is 5.10 Å². The Balaban J connectivity index is 1.46. The predicted molar refractivity (Wildman–Crippen MR) is 107 cm³/mol. The zero-order valence-corrected chi connectivity index (χ0v) is 16.2. The molecule has 1 aliphatic rings. The van der Waals surface area contributed by atoms with Crippen molar-refractivity contribution in [3.05, 3.63) is 71.4 Å². The highest BCUT2D eigenvalue weighted by molar-refractivity contribution is 6.33. The zero-order valence-electron chi connectivity index (χ0n) is 15.5. The summed E-state index contributed by atoms with van der Waals surface area (Å²) in [6.07, 6.45) is 9.09. The number of aromatic amines is 1. The van der Waals surface area contributed by atoms with Crippen molar-refractivity contribution in [2.24, 2.45) is 0 Å². The first-order chi connectivity index (χ1) is 14.8. The lowest BCUT2D eigenvalue weighted by Crippen LogP contribution is -2.36. The van der Waals surface area contributed by atoms with Gasteiger partial charge in [0.05, 0.1) is 34.5 Å². The molecule has 0 aliphatic carbocycles. The van der Waals surface area contributed by atoms with E-state index in [1.807, 2.05) is 29.3 Å². The lowest BCUT2D eigenvalue weighted by atomic mass is 10.0. The minimum atomic E-state index is -0.300. The number of anilines is 1. The number of hydrogen-bond acceptors (Lipinski definition) is 8. The fraction of sp³-hybridized carbons (Fsp3) is 0.158. The number of rotatable bonds is 3. The summed E-state index contributed by atoms with van der Waals surface area (Å²) in [6, 6.07) is 5.73. The van der Waals surface area contributed by atoms with Crippen LogP contribution in [0.3, 0.4) is 0 Å². The summed E-state index contributed by atoms with van der Waals surface area (Å²) in [5.74, 6) is 0.308. The molecule has 0 saturated carbocycles. The molecule has 1 aliphatic heterocycles. The number of pyridine rings is 1. The van der Waals surface area contributed by atoms with Gasteiger partial charge in [-0.15, -0.1) is 5.10 Å². The van der Waals surface area contributed by atoms with Crippen molar-refractivity contribution in [3.63, 3.8) is 0 Å². The Morgan fingerprint density at radius 3 is 3.03 bits per heavy atom. The highest BCUT2D eigenvalue weighted by atomic mass is 35.5. The monoisotopic (exact) mass is 419 g/mol. The van der Waals surface area contributed by atoms with E-state index in [4.69, 9.17) is 21.1 Å². The summed E-state index contributed by atoms with van der Waals surface area (Å²) >= 11 is 6.36. The highest BCUT2D eigenvalue weighted by Gasteiger charge is 2.36. The van der Waals surface area contributed by atoms with Crippen molar-refractivity contribution in [1.82, 2.24) is 39.7 Å². The van der Waals surface area contributed by atoms with Gasteiger partial charge in [0, 0.05) is 37.3 Å². The van der Waals surface area contributed by atoms with Gasteiger partial charge in [-0.05, 0) is 18.2 Å². The van der Waals surface area contributed by atoms with Crippen LogP contribution in [-0.2, 0) is 6.42 Å². The number of nitrogens with zero attached hydrogens (tertiary/aromatic N) is 8. The van der Waals surface area contributed by atoms with Crippen molar-refractivity contribution in [2.75, 3.05) is 11.4 Å². The van der Waals surface area contributed by atoms with Crippen LogP contribution in [0.5, 0.6) is 0 Å². The maximum atomic E-state index is 6.36. The van der Waals surface area contributed by atoms with E-state index in [0.717, 1.165) is 29.0 Å². The number of aromatic nitrogens is 8. The fourth-order valence-electron chi connectivity index (χ4n) is 3.76. The van der Waals surface area contributed by atoms with E-state index in [-0.39, 0.29) is 6.04 Å². The average molecular weight is 420 g/mol. The van der Waals surface area contributed by atoms with Gasteiger partial charge in [0.25, 0.3) is 5.89 Å². The molecule has 0 aromatic carbocycles. The summed E-state index contributed by atoms with van der Waals surface area (Å²) in [4.78, 5) is 18.1. The van der Waals surface area contributed by atoms with Crippen molar-refractivity contribution in [1.29, 1.82) is 0 Å². The molecule has 0 fully saturated rings. The zero-order chi connectivity index (χ0) is 20.1. The Labute approximate surface area is 174 Å². The highest BCUT2D eigenvalue weighted by Crippen LogP contribution is 2.37. The van der Waals surface area contributed by atoms with Crippen LogP contribution in [0.25, 0.3) is 17.1 Å². The molecule has 0 saturated heterocycles. The predicted octanol–water partition coefficient (Wildman–Crippen LogP) is 2.70. The second kappa shape index (κ2) is 6.63. The Bertz CT molecular complexity index is 1340. The Morgan fingerprint density at radius 1 is 1.20 bits per heavy atom. The molecule has 0 radical (unpaired) electrons. The van der Waals surface area contributed by atoms with Crippen molar-refractivity contribution in [2.45, 2.75) is 12.5 Å². The molecule has 1 N–H and O–H groups in total. The lowest BCUT2D eigenvalue weighted by molar-refractivity contribution is 0.502. The summed E-state index contributed by atoms with van der Waals surface area (Å²) < 4.78 is 7.71. The molecule has 5 aromatic heterocycles. The fourth-order valence-corrected chi connectivity index (χ4v) is 3.97. The minimum absolute atomic E-state index is 0.300. The van der Waals surface area contributed by atoms with Crippen LogP contribution in [0, 0.1) is 0 Å². The first-order valence-electron chi connectivity index (χ1n) is 9.30. The van der Waals surface area contributed by atoms with Crippen molar-refractivity contribution >= 4 is 23.1 Å². The Kier molecular flexibility index (Phi) is 3.78. The quantitative estimate of drug-likeness (QED) is 0.474. The van der Waals surface area contributed by atoms with Gasteiger partial charge in [-0.3, -0.25) is 4.98 Å². The van der Waals surface area contributed by atoms with E-state index in [1.165, 1.54) is 0 Å². The third kappa shape index (κ3) is 2.65. The van der Waals surface area contributed by atoms with Crippen molar-refractivity contribution in [3.8, 4) is 11.6 Å². The number of H-pyrrole nitrogens is 1. The van der Waals surface area contributed by atoms with Crippen LogP contribution >= 0.6 is 11.6 Å². The van der Waals surface area contributed by atoms with Crippen LogP contribution in [0.2, 0.25) is 5.02 Å². The Hall–Kier alpha value is -3.79. The topological polar surface area (TPSA) is 114 Å². The van der Waals surface area contributed by atoms with E-state index in [2.05, 4.69) is 30.1 Å². The molecule has 11 heteroatoms. The molecule has 6 rings (SSSR count). The van der Waals surface area contributed by atoms with Crippen LogP contribution in [0.1, 0.15) is 23.1 Å². The normalized spacial score (nSPS) is 16.2. The van der Waals surface area contributed by atoms with E-state index < -0.39 is 0 Å². The summed E-state index contributed by atoms with van der Waals surface area (Å²) in [6.45, 7) is 0.656. The van der Waals surface area contributed by atoms with Gasteiger partial charge in [0.1, 0.15) is 11.7 Å².